The first-order valence-corrected chi connectivity index (χ1v) is 9.03. The Bertz CT molecular complexity index is 881. The van der Waals surface area contributed by atoms with Crippen LogP contribution in [0.15, 0.2) is 24.4 Å². The number of hydrogen-bond donors (Lipinski definition) is 1. The van der Waals surface area contributed by atoms with Crippen molar-refractivity contribution in [1.82, 2.24) is 14.9 Å². The van der Waals surface area contributed by atoms with Gasteiger partial charge in [-0.2, -0.15) is 13.2 Å². The fraction of sp³-hybridized carbons (Fsp3) is 0.444. The summed E-state index contributed by atoms with van der Waals surface area (Å²) in [4.78, 5) is 16.7. The molecule has 0 saturated carbocycles. The van der Waals surface area contributed by atoms with E-state index in [1.165, 1.54) is 10.8 Å². The first kappa shape index (κ1) is 18.2. The largest absolute Gasteiger partial charge is 0.491 e. The zero-order valence-electron chi connectivity index (χ0n) is 14.2. The van der Waals surface area contributed by atoms with Crippen molar-refractivity contribution in [3.63, 3.8) is 0 Å². The highest BCUT2D eigenvalue weighted by Crippen LogP contribution is 2.34. The zero-order chi connectivity index (χ0) is 19.2. The summed E-state index contributed by atoms with van der Waals surface area (Å²) < 4.78 is 45.8. The van der Waals surface area contributed by atoms with Gasteiger partial charge in [0.25, 0.3) is 5.91 Å². The molecule has 5 nitrogen and oxygen atoms in total. The average molecular weight is 400 g/mol. The van der Waals surface area contributed by atoms with Crippen LogP contribution in [0, 0.1) is 5.92 Å². The second-order valence-corrected chi connectivity index (χ2v) is 7.28. The molecule has 3 heterocycles. The van der Waals surface area contributed by atoms with E-state index in [-0.39, 0.29) is 31.1 Å². The number of hydrogen-bond acceptors (Lipinski definition) is 3. The molecule has 27 heavy (non-hydrogen) atoms. The normalized spacial score (nSPS) is 21.8. The van der Waals surface area contributed by atoms with Crippen LogP contribution in [0.25, 0.3) is 0 Å². The minimum absolute atomic E-state index is 0.00663. The number of aromatic nitrogens is 2. The highest BCUT2D eigenvalue weighted by molar-refractivity contribution is 6.31. The van der Waals surface area contributed by atoms with Crippen molar-refractivity contribution in [2.24, 2.45) is 5.92 Å². The van der Waals surface area contributed by atoms with Crippen molar-refractivity contribution < 1.29 is 22.7 Å². The predicted octanol–water partition coefficient (Wildman–Crippen LogP) is 3.39. The summed E-state index contributed by atoms with van der Waals surface area (Å²) in [5.41, 5.74) is 0.950. The maximum Gasteiger partial charge on any atom is 0.393 e. The molecule has 2 aromatic rings. The predicted molar refractivity (Wildman–Crippen MR) is 92.0 cm³/mol. The van der Waals surface area contributed by atoms with Gasteiger partial charge in [0.15, 0.2) is 0 Å². The fourth-order valence-electron chi connectivity index (χ4n) is 3.54. The second-order valence-electron chi connectivity index (χ2n) is 6.87. The Labute approximate surface area is 158 Å². The Balaban J connectivity index is 1.45. The van der Waals surface area contributed by atoms with Gasteiger partial charge in [-0.25, -0.2) is 4.98 Å². The molecular weight excluding hydrogens is 383 g/mol. The number of aryl methyl sites for hydroxylation is 1. The van der Waals surface area contributed by atoms with Crippen molar-refractivity contribution >= 4 is 17.5 Å². The third-order valence-electron chi connectivity index (χ3n) is 4.99. The molecule has 0 radical (unpaired) electrons. The number of carbonyl (C=O) groups excluding carboxylic acids is 1. The molecule has 9 heteroatoms. The van der Waals surface area contributed by atoms with Gasteiger partial charge in [0.2, 0.25) is 0 Å². The van der Waals surface area contributed by atoms with Crippen LogP contribution in [0.3, 0.4) is 0 Å². The lowest BCUT2D eigenvalue weighted by Crippen LogP contribution is -2.43. The molecule has 2 unspecified atom stereocenters. The number of benzene rings is 1. The monoisotopic (exact) mass is 399 g/mol. The van der Waals surface area contributed by atoms with E-state index in [4.69, 9.17) is 16.3 Å². The van der Waals surface area contributed by atoms with Crippen molar-refractivity contribution in [2.45, 2.75) is 38.0 Å². The first-order chi connectivity index (χ1) is 12.8. The smallest absolute Gasteiger partial charge is 0.393 e. The molecule has 2 aliphatic heterocycles. The zero-order valence-corrected chi connectivity index (χ0v) is 15.0. The molecule has 0 saturated heterocycles. The fourth-order valence-corrected chi connectivity index (χ4v) is 3.78. The van der Waals surface area contributed by atoms with E-state index in [0.29, 0.717) is 29.6 Å². The molecule has 0 fully saturated rings. The number of nitrogens with zero attached hydrogens (tertiary/aromatic N) is 2. The number of nitrogens with one attached hydrogen (secondary N) is 1. The summed E-state index contributed by atoms with van der Waals surface area (Å²) in [7, 11) is 0. The lowest BCUT2D eigenvalue weighted by Gasteiger charge is -2.26. The number of ether oxygens (including phenoxy) is 1. The number of amides is 1. The molecule has 1 aromatic carbocycles. The van der Waals surface area contributed by atoms with Crippen molar-refractivity contribution in [3.8, 4) is 5.75 Å². The van der Waals surface area contributed by atoms with Crippen molar-refractivity contribution in [2.75, 3.05) is 6.61 Å². The summed E-state index contributed by atoms with van der Waals surface area (Å²) in [6.07, 6.45) is -2.13. The lowest BCUT2D eigenvalue weighted by atomic mass is 9.99. The molecular formula is C18H17ClF3N3O2. The first-order valence-electron chi connectivity index (χ1n) is 8.65. The van der Waals surface area contributed by atoms with Crippen LogP contribution in [-0.4, -0.2) is 34.3 Å². The maximum absolute atomic E-state index is 12.9. The van der Waals surface area contributed by atoms with Crippen molar-refractivity contribution in [3.05, 3.63) is 46.5 Å². The number of carbonyl (C=O) groups is 1. The van der Waals surface area contributed by atoms with Gasteiger partial charge in [0.05, 0.1) is 12.0 Å². The van der Waals surface area contributed by atoms with E-state index in [0.717, 1.165) is 5.56 Å². The summed E-state index contributed by atoms with van der Waals surface area (Å²) in [5.74, 6) is -0.623. The second kappa shape index (κ2) is 6.74. The lowest BCUT2D eigenvalue weighted by molar-refractivity contribution is -0.182. The minimum Gasteiger partial charge on any atom is -0.491 e. The number of imidazole rings is 1. The molecule has 0 aliphatic carbocycles. The van der Waals surface area contributed by atoms with E-state index in [2.05, 4.69) is 10.3 Å². The topological polar surface area (TPSA) is 56.1 Å². The van der Waals surface area contributed by atoms with Crippen LogP contribution in [0.4, 0.5) is 13.2 Å². The van der Waals surface area contributed by atoms with Gasteiger partial charge in [-0.3, -0.25) is 4.79 Å². The Kier molecular flexibility index (Phi) is 4.53. The molecule has 144 valence electrons. The molecule has 4 rings (SSSR count). The number of alkyl halides is 3. The third kappa shape index (κ3) is 3.63. The van der Waals surface area contributed by atoms with Crippen LogP contribution in [0.1, 0.15) is 28.3 Å². The molecule has 0 spiro atoms. The van der Waals surface area contributed by atoms with Crippen LogP contribution in [-0.2, 0) is 19.4 Å². The summed E-state index contributed by atoms with van der Waals surface area (Å²) in [5, 5.41) is 3.40. The van der Waals surface area contributed by atoms with E-state index in [1.807, 2.05) is 6.07 Å². The van der Waals surface area contributed by atoms with E-state index in [9.17, 15) is 18.0 Å². The van der Waals surface area contributed by atoms with Gasteiger partial charge < -0.3 is 14.6 Å². The molecule has 2 atom stereocenters. The summed E-state index contributed by atoms with van der Waals surface area (Å²) >= 11 is 6.18. The SMILES string of the molecule is O=C(NC1COc2cccc(Cl)c2C1)c1cn2c(n1)CCC(C(F)(F)F)C2. The number of fused-ring (bicyclic) bond motifs is 2. The Hall–Kier alpha value is -2.22. The summed E-state index contributed by atoms with van der Waals surface area (Å²) in [6, 6.07) is 5.09. The molecule has 1 N–H and O–H groups in total. The third-order valence-corrected chi connectivity index (χ3v) is 5.34. The quantitative estimate of drug-likeness (QED) is 0.842. The minimum atomic E-state index is -4.24. The van der Waals surface area contributed by atoms with Gasteiger partial charge in [-0.1, -0.05) is 17.7 Å². The molecule has 2 aliphatic rings. The van der Waals surface area contributed by atoms with Gasteiger partial charge in [0.1, 0.15) is 23.9 Å². The van der Waals surface area contributed by atoms with Crippen LogP contribution in [0.5, 0.6) is 5.75 Å². The van der Waals surface area contributed by atoms with Gasteiger partial charge in [-0.15, -0.1) is 0 Å². The van der Waals surface area contributed by atoms with E-state index >= 15 is 0 Å². The van der Waals surface area contributed by atoms with E-state index < -0.39 is 18.0 Å². The molecule has 1 amide bonds. The van der Waals surface area contributed by atoms with Crippen LogP contribution in [0.2, 0.25) is 5.02 Å². The number of halogens is 4. The number of rotatable bonds is 2. The van der Waals surface area contributed by atoms with Gasteiger partial charge in [0, 0.05) is 36.2 Å². The Morgan fingerprint density at radius 2 is 2.19 bits per heavy atom. The molecule has 1 aromatic heterocycles. The highest BCUT2D eigenvalue weighted by Gasteiger charge is 2.41. The van der Waals surface area contributed by atoms with Gasteiger partial charge >= 0.3 is 6.18 Å². The van der Waals surface area contributed by atoms with Gasteiger partial charge in [-0.05, 0) is 18.6 Å². The Morgan fingerprint density at radius 3 is 2.96 bits per heavy atom. The highest BCUT2D eigenvalue weighted by atomic mass is 35.5. The maximum atomic E-state index is 12.9. The Morgan fingerprint density at radius 1 is 1.37 bits per heavy atom. The van der Waals surface area contributed by atoms with E-state index in [1.54, 1.807) is 12.1 Å². The standard InChI is InChI=1S/C18H17ClF3N3O2/c19-13-2-1-3-15-12(13)6-11(9-27-15)23-17(26)14-8-25-7-10(18(20,21)22)4-5-16(25)24-14/h1-3,8,10-11H,4-7,9H2,(H,23,26). The molecule has 0 bridgehead atoms. The van der Waals surface area contributed by atoms with Crippen LogP contribution >= 0.6 is 11.6 Å². The van der Waals surface area contributed by atoms with Crippen molar-refractivity contribution in [1.29, 1.82) is 0 Å². The van der Waals surface area contributed by atoms with Crippen LogP contribution < -0.4 is 10.1 Å². The summed E-state index contributed by atoms with van der Waals surface area (Å²) in [6.45, 7) is 0.0947. The average Bonchev–Trinajstić information content (AvgIpc) is 3.05.